The Morgan fingerprint density at radius 3 is 2.12 bits per heavy atom. The fourth-order valence-corrected chi connectivity index (χ4v) is 4.44. The van der Waals surface area contributed by atoms with Crippen molar-refractivity contribution in [1.29, 1.82) is 0 Å². The molecule has 0 radical (unpaired) electrons. The van der Waals surface area contributed by atoms with E-state index in [9.17, 15) is 4.79 Å². The Bertz CT molecular complexity index is 948. The average Bonchev–Trinajstić information content (AvgIpc) is 2.84. The quantitative estimate of drug-likeness (QED) is 0.157. The highest BCUT2D eigenvalue weighted by Gasteiger charge is 2.11. The number of benzene rings is 2. The van der Waals surface area contributed by atoms with Gasteiger partial charge in [-0.05, 0) is 37.1 Å². The van der Waals surface area contributed by atoms with Crippen LogP contribution in [0, 0.1) is 0 Å². The molecule has 0 unspecified atom stereocenters. The van der Waals surface area contributed by atoms with Gasteiger partial charge in [-0.25, -0.2) is 0 Å². The molecule has 1 aromatic heterocycles. The summed E-state index contributed by atoms with van der Waals surface area (Å²) in [6, 6.07) is 22.8. The Hall–Kier alpha value is -2.66. The van der Waals surface area contributed by atoms with E-state index in [0.29, 0.717) is 13.0 Å². The first kappa shape index (κ1) is 24.0. The molecule has 0 N–H and O–H groups in total. The van der Waals surface area contributed by atoms with Gasteiger partial charge in [-0.2, -0.15) is 0 Å². The molecule has 3 rings (SSSR count). The van der Waals surface area contributed by atoms with Crippen LogP contribution in [0.3, 0.4) is 0 Å². The van der Waals surface area contributed by atoms with E-state index in [2.05, 4.69) is 52.7 Å². The first-order chi connectivity index (χ1) is 15.8. The maximum atomic E-state index is 11.3. The normalized spacial score (nSPS) is 10.8. The number of esters is 1. The minimum atomic E-state index is -0.0711. The number of aromatic nitrogens is 2. The smallest absolute Gasteiger partial charge is 0.305 e. The molecule has 0 aliphatic carbocycles. The molecule has 2 aromatic carbocycles. The average molecular weight is 449 g/mol. The van der Waals surface area contributed by atoms with Crippen molar-refractivity contribution in [2.75, 3.05) is 12.4 Å². The molecule has 0 amide bonds. The van der Waals surface area contributed by atoms with E-state index in [1.807, 2.05) is 31.2 Å². The SMILES string of the molecule is CCOC(=O)CCCCCCCCSc1cc(-c2ccccc2)c(-c2ccccc2)nn1. The van der Waals surface area contributed by atoms with Crippen molar-refractivity contribution in [3.63, 3.8) is 0 Å². The third-order valence-corrected chi connectivity index (χ3v) is 6.22. The molecular weight excluding hydrogens is 416 g/mol. The Labute approximate surface area is 195 Å². The van der Waals surface area contributed by atoms with E-state index in [0.717, 1.165) is 52.4 Å². The van der Waals surface area contributed by atoms with E-state index >= 15 is 0 Å². The van der Waals surface area contributed by atoms with Gasteiger partial charge in [0, 0.05) is 17.5 Å². The van der Waals surface area contributed by atoms with E-state index in [1.54, 1.807) is 11.8 Å². The summed E-state index contributed by atoms with van der Waals surface area (Å²) in [7, 11) is 0. The molecular formula is C27H32N2O2S. The minimum absolute atomic E-state index is 0.0711. The highest BCUT2D eigenvalue weighted by Crippen LogP contribution is 2.32. The van der Waals surface area contributed by atoms with Crippen molar-refractivity contribution >= 4 is 17.7 Å². The number of unbranched alkanes of at least 4 members (excludes halogenated alkanes) is 5. The molecule has 0 aliphatic rings. The fraction of sp³-hybridized carbons (Fsp3) is 0.370. The molecule has 0 fully saturated rings. The van der Waals surface area contributed by atoms with Crippen molar-refractivity contribution in [1.82, 2.24) is 10.2 Å². The third kappa shape index (κ3) is 7.79. The number of rotatable bonds is 13. The molecule has 0 bridgehead atoms. The summed E-state index contributed by atoms with van der Waals surface area (Å²) in [6.07, 6.45) is 7.31. The van der Waals surface area contributed by atoms with Gasteiger partial charge in [-0.3, -0.25) is 4.79 Å². The van der Waals surface area contributed by atoms with Crippen LogP contribution in [-0.2, 0) is 9.53 Å². The molecule has 5 heteroatoms. The van der Waals surface area contributed by atoms with Crippen LogP contribution in [0.15, 0.2) is 71.8 Å². The highest BCUT2D eigenvalue weighted by atomic mass is 32.2. The summed E-state index contributed by atoms with van der Waals surface area (Å²) >= 11 is 1.78. The van der Waals surface area contributed by atoms with E-state index in [1.165, 1.54) is 19.3 Å². The summed E-state index contributed by atoms with van der Waals surface area (Å²) in [6.45, 7) is 2.32. The van der Waals surface area contributed by atoms with Gasteiger partial charge in [-0.15, -0.1) is 22.0 Å². The van der Waals surface area contributed by atoms with Crippen LogP contribution in [0.5, 0.6) is 0 Å². The van der Waals surface area contributed by atoms with Crippen molar-refractivity contribution in [3.05, 3.63) is 66.7 Å². The van der Waals surface area contributed by atoms with E-state index in [4.69, 9.17) is 4.74 Å². The number of nitrogens with zero attached hydrogens (tertiary/aromatic N) is 2. The summed E-state index contributed by atoms with van der Waals surface area (Å²) in [5, 5.41) is 10.1. The molecule has 0 saturated heterocycles. The molecule has 1 heterocycles. The van der Waals surface area contributed by atoms with E-state index < -0.39 is 0 Å². The second kappa shape index (κ2) is 13.7. The highest BCUT2D eigenvalue weighted by molar-refractivity contribution is 7.99. The predicted molar refractivity (Wildman–Crippen MR) is 133 cm³/mol. The number of hydrogen-bond donors (Lipinski definition) is 0. The second-order valence-electron chi connectivity index (χ2n) is 7.70. The lowest BCUT2D eigenvalue weighted by molar-refractivity contribution is -0.143. The van der Waals surface area contributed by atoms with Crippen LogP contribution in [0.2, 0.25) is 0 Å². The summed E-state index contributed by atoms with van der Waals surface area (Å²) in [4.78, 5) is 11.3. The van der Waals surface area contributed by atoms with Gasteiger partial charge >= 0.3 is 5.97 Å². The molecule has 0 spiro atoms. The monoisotopic (exact) mass is 448 g/mol. The number of ether oxygens (including phenoxy) is 1. The van der Waals surface area contributed by atoms with Crippen LogP contribution < -0.4 is 0 Å². The van der Waals surface area contributed by atoms with Gasteiger partial charge < -0.3 is 4.74 Å². The van der Waals surface area contributed by atoms with Crippen molar-refractivity contribution in [2.24, 2.45) is 0 Å². The zero-order valence-electron chi connectivity index (χ0n) is 18.8. The first-order valence-electron chi connectivity index (χ1n) is 11.5. The number of thioether (sulfide) groups is 1. The molecule has 3 aromatic rings. The van der Waals surface area contributed by atoms with Gasteiger partial charge in [0.05, 0.1) is 6.61 Å². The maximum absolute atomic E-state index is 11.3. The van der Waals surface area contributed by atoms with Crippen LogP contribution in [0.25, 0.3) is 22.4 Å². The Balaban J connectivity index is 1.48. The second-order valence-corrected chi connectivity index (χ2v) is 8.82. The van der Waals surface area contributed by atoms with Gasteiger partial charge in [0.1, 0.15) is 10.7 Å². The maximum Gasteiger partial charge on any atom is 0.305 e. The third-order valence-electron chi connectivity index (χ3n) is 5.23. The van der Waals surface area contributed by atoms with E-state index in [-0.39, 0.29) is 5.97 Å². The number of carbonyl (C=O) groups is 1. The van der Waals surface area contributed by atoms with Crippen LogP contribution >= 0.6 is 11.8 Å². The molecule has 0 aliphatic heterocycles. The lowest BCUT2D eigenvalue weighted by Crippen LogP contribution is -2.03. The standard InChI is InChI=1S/C27H32N2O2S/c1-2-31-26(30)19-13-5-3-4-6-14-20-32-25-21-24(22-15-9-7-10-16-22)27(29-28-25)23-17-11-8-12-18-23/h7-12,15-18,21H,2-6,13-14,19-20H2,1H3. The fourth-order valence-electron chi connectivity index (χ4n) is 3.58. The first-order valence-corrected chi connectivity index (χ1v) is 12.5. The van der Waals surface area contributed by atoms with Crippen molar-refractivity contribution in [2.45, 2.75) is 56.9 Å². The Morgan fingerprint density at radius 2 is 1.44 bits per heavy atom. The lowest BCUT2D eigenvalue weighted by atomic mass is 10.0. The zero-order chi connectivity index (χ0) is 22.4. The van der Waals surface area contributed by atoms with Crippen molar-refractivity contribution < 1.29 is 9.53 Å². The number of hydrogen-bond acceptors (Lipinski definition) is 5. The molecule has 4 nitrogen and oxygen atoms in total. The molecule has 168 valence electrons. The van der Waals surface area contributed by atoms with Crippen molar-refractivity contribution in [3.8, 4) is 22.4 Å². The zero-order valence-corrected chi connectivity index (χ0v) is 19.7. The van der Waals surface area contributed by atoms with Gasteiger partial charge in [-0.1, -0.05) is 86.3 Å². The predicted octanol–water partition coefficient (Wildman–Crippen LogP) is 7.20. The van der Waals surface area contributed by atoms with Gasteiger partial charge in [0.2, 0.25) is 0 Å². The molecule has 32 heavy (non-hydrogen) atoms. The number of carbonyl (C=O) groups excluding carboxylic acids is 1. The van der Waals surface area contributed by atoms with Crippen LogP contribution in [0.4, 0.5) is 0 Å². The Morgan fingerprint density at radius 1 is 0.812 bits per heavy atom. The Kier molecular flexibility index (Phi) is 10.3. The summed E-state index contributed by atoms with van der Waals surface area (Å²) in [5.41, 5.74) is 4.28. The largest absolute Gasteiger partial charge is 0.466 e. The summed E-state index contributed by atoms with van der Waals surface area (Å²) in [5.74, 6) is 0.967. The van der Waals surface area contributed by atoms with Crippen LogP contribution in [0.1, 0.15) is 51.9 Å². The molecule has 0 saturated carbocycles. The summed E-state index contributed by atoms with van der Waals surface area (Å²) < 4.78 is 4.96. The van der Waals surface area contributed by atoms with Gasteiger partial charge in [0.25, 0.3) is 0 Å². The molecule has 0 atom stereocenters. The van der Waals surface area contributed by atoms with Gasteiger partial charge in [0.15, 0.2) is 0 Å². The topological polar surface area (TPSA) is 52.1 Å². The minimum Gasteiger partial charge on any atom is -0.466 e. The van der Waals surface area contributed by atoms with Crippen LogP contribution in [-0.4, -0.2) is 28.5 Å². The lowest BCUT2D eigenvalue weighted by Gasteiger charge is -2.10.